The molecule has 1 heterocycles. The standard InChI is InChI=1S/C10H22N2O/c1-11(2)9-10-3-5-12(6-4-10)7-8-13/h10,13H,3-9H2,1-2H3. The quantitative estimate of drug-likeness (QED) is 0.682. The number of nitrogens with zero attached hydrogens (tertiary/aromatic N) is 2. The molecule has 3 heteroatoms. The van der Waals surface area contributed by atoms with Crippen molar-refractivity contribution in [2.75, 3.05) is 46.9 Å². The van der Waals surface area contributed by atoms with Gasteiger partial charge in [-0.15, -0.1) is 0 Å². The molecule has 0 atom stereocenters. The molecule has 0 aromatic rings. The molecule has 0 bridgehead atoms. The largest absolute Gasteiger partial charge is 0.395 e. The fraction of sp³-hybridized carbons (Fsp3) is 1.00. The number of likely N-dealkylation sites (tertiary alicyclic amines) is 1. The average Bonchev–Trinajstić information content (AvgIpc) is 2.08. The van der Waals surface area contributed by atoms with Crippen molar-refractivity contribution < 1.29 is 5.11 Å². The van der Waals surface area contributed by atoms with Crippen LogP contribution in [0.1, 0.15) is 12.8 Å². The Bertz CT molecular complexity index is 131. The number of hydrogen-bond acceptors (Lipinski definition) is 3. The first-order valence-corrected chi connectivity index (χ1v) is 5.20. The Morgan fingerprint density at radius 2 is 1.92 bits per heavy atom. The second-order valence-electron chi connectivity index (χ2n) is 4.27. The Balaban J connectivity index is 2.15. The first-order chi connectivity index (χ1) is 6.22. The van der Waals surface area contributed by atoms with Gasteiger partial charge in [0.25, 0.3) is 0 Å². The lowest BCUT2D eigenvalue weighted by atomic mass is 9.96. The summed E-state index contributed by atoms with van der Waals surface area (Å²) in [4.78, 5) is 4.62. The smallest absolute Gasteiger partial charge is 0.0558 e. The minimum absolute atomic E-state index is 0.304. The number of aliphatic hydroxyl groups excluding tert-OH is 1. The fourth-order valence-corrected chi connectivity index (χ4v) is 2.05. The van der Waals surface area contributed by atoms with E-state index in [-0.39, 0.29) is 0 Å². The van der Waals surface area contributed by atoms with Crippen LogP contribution in [0.3, 0.4) is 0 Å². The number of β-amino-alcohol motifs (C(OH)–C–C–N with tert-alkyl or cyclic N) is 1. The third-order valence-corrected chi connectivity index (χ3v) is 2.75. The van der Waals surface area contributed by atoms with Crippen molar-refractivity contribution in [3.05, 3.63) is 0 Å². The average molecular weight is 186 g/mol. The van der Waals surface area contributed by atoms with Gasteiger partial charge in [0.1, 0.15) is 0 Å². The molecule has 1 fully saturated rings. The SMILES string of the molecule is CN(C)CC1CCN(CCO)CC1. The molecule has 1 aliphatic rings. The van der Waals surface area contributed by atoms with Gasteiger partial charge >= 0.3 is 0 Å². The third kappa shape index (κ3) is 4.07. The maximum Gasteiger partial charge on any atom is 0.0558 e. The van der Waals surface area contributed by atoms with Crippen LogP contribution in [0, 0.1) is 5.92 Å². The summed E-state index contributed by atoms with van der Waals surface area (Å²) in [6.07, 6.45) is 2.58. The van der Waals surface area contributed by atoms with Gasteiger partial charge in [-0.1, -0.05) is 0 Å². The van der Waals surface area contributed by atoms with Gasteiger partial charge in [-0.25, -0.2) is 0 Å². The first-order valence-electron chi connectivity index (χ1n) is 5.20. The highest BCUT2D eigenvalue weighted by atomic mass is 16.3. The molecule has 0 unspecified atom stereocenters. The number of aliphatic hydroxyl groups is 1. The van der Waals surface area contributed by atoms with E-state index in [9.17, 15) is 0 Å². The molecule has 78 valence electrons. The summed E-state index contributed by atoms with van der Waals surface area (Å²) in [6.45, 7) is 4.71. The van der Waals surface area contributed by atoms with Crippen LogP contribution in [-0.4, -0.2) is 61.8 Å². The van der Waals surface area contributed by atoms with E-state index in [4.69, 9.17) is 5.11 Å². The molecule has 1 rings (SSSR count). The normalized spacial score (nSPS) is 21.2. The van der Waals surface area contributed by atoms with Crippen LogP contribution < -0.4 is 0 Å². The monoisotopic (exact) mass is 186 g/mol. The Morgan fingerprint density at radius 3 is 2.38 bits per heavy atom. The fourth-order valence-electron chi connectivity index (χ4n) is 2.05. The van der Waals surface area contributed by atoms with Gasteiger partial charge in [-0.05, 0) is 45.9 Å². The Kier molecular flexibility index (Phi) is 4.70. The second kappa shape index (κ2) is 5.58. The first kappa shape index (κ1) is 11.0. The molecular weight excluding hydrogens is 164 g/mol. The van der Waals surface area contributed by atoms with Crippen molar-refractivity contribution in [3.63, 3.8) is 0 Å². The van der Waals surface area contributed by atoms with E-state index in [2.05, 4.69) is 23.9 Å². The van der Waals surface area contributed by atoms with Crippen molar-refractivity contribution in [2.24, 2.45) is 5.92 Å². The summed E-state index contributed by atoms with van der Waals surface area (Å²) in [5, 5.41) is 8.78. The molecule has 0 amide bonds. The summed E-state index contributed by atoms with van der Waals surface area (Å²) in [5.41, 5.74) is 0. The molecule has 3 nitrogen and oxygen atoms in total. The Morgan fingerprint density at radius 1 is 1.31 bits per heavy atom. The van der Waals surface area contributed by atoms with Crippen LogP contribution in [0.2, 0.25) is 0 Å². The number of hydrogen-bond donors (Lipinski definition) is 1. The van der Waals surface area contributed by atoms with Gasteiger partial charge < -0.3 is 14.9 Å². The Hall–Kier alpha value is -0.120. The molecule has 1 aliphatic heterocycles. The van der Waals surface area contributed by atoms with E-state index >= 15 is 0 Å². The molecule has 13 heavy (non-hydrogen) atoms. The van der Waals surface area contributed by atoms with E-state index in [1.165, 1.54) is 32.5 Å². The van der Waals surface area contributed by atoms with Crippen molar-refractivity contribution in [2.45, 2.75) is 12.8 Å². The van der Waals surface area contributed by atoms with Crippen molar-refractivity contribution >= 4 is 0 Å². The molecule has 0 saturated carbocycles. The summed E-state index contributed by atoms with van der Waals surface area (Å²) >= 11 is 0. The maximum absolute atomic E-state index is 8.78. The summed E-state index contributed by atoms with van der Waals surface area (Å²) in [6, 6.07) is 0. The van der Waals surface area contributed by atoms with Crippen LogP contribution >= 0.6 is 0 Å². The van der Waals surface area contributed by atoms with E-state index in [0.717, 1.165) is 12.5 Å². The van der Waals surface area contributed by atoms with Gasteiger partial charge in [-0.2, -0.15) is 0 Å². The molecule has 0 aliphatic carbocycles. The molecule has 0 aromatic carbocycles. The summed E-state index contributed by atoms with van der Waals surface area (Å²) < 4.78 is 0. The van der Waals surface area contributed by atoms with E-state index < -0.39 is 0 Å². The van der Waals surface area contributed by atoms with Crippen LogP contribution in [-0.2, 0) is 0 Å². The minimum atomic E-state index is 0.304. The van der Waals surface area contributed by atoms with Crippen molar-refractivity contribution in [1.29, 1.82) is 0 Å². The van der Waals surface area contributed by atoms with Crippen LogP contribution in [0.25, 0.3) is 0 Å². The Labute approximate surface area is 81.3 Å². The van der Waals surface area contributed by atoms with Gasteiger partial charge in [0.15, 0.2) is 0 Å². The van der Waals surface area contributed by atoms with Gasteiger partial charge in [0.05, 0.1) is 6.61 Å². The minimum Gasteiger partial charge on any atom is -0.395 e. The predicted octanol–water partition coefficient (Wildman–Crippen LogP) is 0.252. The topological polar surface area (TPSA) is 26.7 Å². The molecule has 0 radical (unpaired) electrons. The lowest BCUT2D eigenvalue weighted by molar-refractivity contribution is 0.135. The number of rotatable bonds is 4. The summed E-state index contributed by atoms with van der Waals surface area (Å²) in [5.74, 6) is 0.866. The zero-order chi connectivity index (χ0) is 9.68. The highest BCUT2D eigenvalue weighted by Crippen LogP contribution is 2.16. The number of piperidine rings is 1. The van der Waals surface area contributed by atoms with Crippen molar-refractivity contribution in [1.82, 2.24) is 9.80 Å². The van der Waals surface area contributed by atoms with Gasteiger partial charge in [-0.3, -0.25) is 0 Å². The highest BCUT2D eigenvalue weighted by Gasteiger charge is 2.18. The van der Waals surface area contributed by atoms with Gasteiger partial charge in [0, 0.05) is 13.1 Å². The second-order valence-corrected chi connectivity index (χ2v) is 4.27. The zero-order valence-electron chi connectivity index (χ0n) is 8.87. The van der Waals surface area contributed by atoms with Crippen molar-refractivity contribution in [3.8, 4) is 0 Å². The van der Waals surface area contributed by atoms with E-state index in [1.54, 1.807) is 0 Å². The summed E-state index contributed by atoms with van der Waals surface area (Å²) in [7, 11) is 4.28. The van der Waals surface area contributed by atoms with E-state index in [0.29, 0.717) is 6.61 Å². The van der Waals surface area contributed by atoms with Crippen LogP contribution in [0.15, 0.2) is 0 Å². The highest BCUT2D eigenvalue weighted by molar-refractivity contribution is 4.73. The van der Waals surface area contributed by atoms with E-state index in [1.807, 2.05) is 0 Å². The molecule has 0 aromatic heterocycles. The lowest BCUT2D eigenvalue weighted by Crippen LogP contribution is -2.38. The predicted molar refractivity (Wildman–Crippen MR) is 54.8 cm³/mol. The lowest BCUT2D eigenvalue weighted by Gasteiger charge is -2.32. The zero-order valence-corrected chi connectivity index (χ0v) is 8.87. The maximum atomic E-state index is 8.78. The molecule has 1 N–H and O–H groups in total. The molecular formula is C10H22N2O. The van der Waals surface area contributed by atoms with Crippen LogP contribution in [0.5, 0.6) is 0 Å². The van der Waals surface area contributed by atoms with Gasteiger partial charge in [0.2, 0.25) is 0 Å². The third-order valence-electron chi connectivity index (χ3n) is 2.75. The molecule has 1 saturated heterocycles. The van der Waals surface area contributed by atoms with Crippen LogP contribution in [0.4, 0.5) is 0 Å². The molecule has 0 spiro atoms.